The molecule has 2 rings (SSSR count). The van der Waals surface area contributed by atoms with Gasteiger partial charge >= 0.3 is 6.09 Å². The van der Waals surface area contributed by atoms with Gasteiger partial charge in [-0.25, -0.2) is 4.79 Å². The van der Waals surface area contributed by atoms with Crippen molar-refractivity contribution >= 4 is 6.09 Å². The number of ether oxygens (including phenoxy) is 3. The first kappa shape index (κ1) is 26.4. The topological polar surface area (TPSA) is 85.0 Å². The van der Waals surface area contributed by atoms with Gasteiger partial charge in [0.25, 0.3) is 0 Å². The molecule has 0 saturated carbocycles. The van der Waals surface area contributed by atoms with Crippen LogP contribution >= 0.6 is 0 Å². The minimum absolute atomic E-state index is 0.346. The second-order valence-electron chi connectivity index (χ2n) is 9.34. The van der Waals surface area contributed by atoms with E-state index in [-0.39, 0.29) is 6.09 Å². The monoisotopic (exact) mass is 450 g/mol. The molecule has 8 nitrogen and oxygen atoms in total. The van der Waals surface area contributed by atoms with E-state index in [2.05, 4.69) is 33.6 Å². The number of rotatable bonds is 14. The molecule has 0 radical (unpaired) electrons. The maximum absolute atomic E-state index is 11.5. The van der Waals surface area contributed by atoms with Gasteiger partial charge in [0.1, 0.15) is 18.0 Å². The van der Waals surface area contributed by atoms with Crippen LogP contribution in [0.25, 0.3) is 0 Å². The molecule has 0 unspecified atom stereocenters. The summed E-state index contributed by atoms with van der Waals surface area (Å²) in [7, 11) is 2.17. The van der Waals surface area contributed by atoms with E-state index in [0.717, 1.165) is 51.1 Å². The van der Waals surface area contributed by atoms with E-state index >= 15 is 0 Å². The number of likely N-dealkylation sites (tertiary alicyclic amines) is 1. The van der Waals surface area contributed by atoms with Gasteiger partial charge in [-0.2, -0.15) is 0 Å². The summed E-state index contributed by atoms with van der Waals surface area (Å²) in [6.07, 6.45) is 9.90. The van der Waals surface area contributed by atoms with Crippen LogP contribution in [0.4, 0.5) is 4.79 Å². The lowest BCUT2D eigenvalue weighted by molar-refractivity contribution is 0.0526. The number of nitrogens with zero attached hydrogens (tertiary/aromatic N) is 2. The van der Waals surface area contributed by atoms with Crippen LogP contribution in [0.1, 0.15) is 70.9 Å². The molecule has 0 bridgehead atoms. The van der Waals surface area contributed by atoms with Gasteiger partial charge < -0.3 is 19.5 Å². The Bertz CT molecular complexity index is 666. The number of alkyl carbamates (subject to hydrolysis) is 1. The number of hydrogen-bond acceptors (Lipinski definition) is 7. The fraction of sp³-hybridized carbons (Fsp3) is 0.750. The Morgan fingerprint density at radius 2 is 1.97 bits per heavy atom. The summed E-state index contributed by atoms with van der Waals surface area (Å²) in [5, 5.41) is 6.02. The normalized spacial score (nSPS) is 16.8. The average molecular weight is 451 g/mol. The highest BCUT2D eigenvalue weighted by Crippen LogP contribution is 2.31. The van der Waals surface area contributed by atoms with Gasteiger partial charge in [-0.1, -0.05) is 12.8 Å². The number of carbonyl (C=O) groups is 1. The predicted molar refractivity (Wildman–Crippen MR) is 126 cm³/mol. The molecule has 1 fully saturated rings. The molecule has 1 aromatic heterocycles. The maximum atomic E-state index is 11.5. The van der Waals surface area contributed by atoms with E-state index in [1.54, 1.807) is 6.20 Å². The van der Waals surface area contributed by atoms with Crippen molar-refractivity contribution in [3.8, 4) is 5.75 Å². The quantitative estimate of drug-likeness (QED) is 0.329. The standard InChI is InChI=1S/C24H42N4O4/c1-24(2,3)32-23(29)27-11-7-5-6-8-14-30-19-25-12-15-31-21-16-20(17-26-18-21)22-10-9-13-28(22)4/h16-18,22,25H,5-15,19H2,1-4H3,(H,27,29)/t22-/m0/s1. The van der Waals surface area contributed by atoms with Gasteiger partial charge in [0.2, 0.25) is 0 Å². The Balaban J connectivity index is 1.40. The Morgan fingerprint density at radius 1 is 1.16 bits per heavy atom. The highest BCUT2D eigenvalue weighted by molar-refractivity contribution is 5.67. The van der Waals surface area contributed by atoms with E-state index in [0.29, 0.717) is 25.9 Å². The van der Waals surface area contributed by atoms with Crippen LogP contribution in [0.2, 0.25) is 0 Å². The molecule has 2 N–H and O–H groups in total. The molecule has 1 aliphatic heterocycles. The first-order chi connectivity index (χ1) is 15.3. The number of amides is 1. The first-order valence-electron chi connectivity index (χ1n) is 11.9. The molecule has 182 valence electrons. The molecule has 0 spiro atoms. The average Bonchev–Trinajstić information content (AvgIpc) is 3.16. The Kier molecular flexibility index (Phi) is 11.8. The van der Waals surface area contributed by atoms with Crippen LogP contribution in [0, 0.1) is 0 Å². The smallest absolute Gasteiger partial charge is 0.407 e. The van der Waals surface area contributed by atoms with Crippen LogP contribution in [0.5, 0.6) is 5.75 Å². The molecule has 32 heavy (non-hydrogen) atoms. The summed E-state index contributed by atoms with van der Waals surface area (Å²) < 4.78 is 16.6. The van der Waals surface area contributed by atoms with Crippen LogP contribution < -0.4 is 15.4 Å². The van der Waals surface area contributed by atoms with Gasteiger partial charge in [-0.15, -0.1) is 0 Å². The molecule has 0 aliphatic carbocycles. The zero-order valence-electron chi connectivity index (χ0n) is 20.3. The van der Waals surface area contributed by atoms with E-state index < -0.39 is 5.60 Å². The van der Waals surface area contributed by atoms with E-state index in [9.17, 15) is 4.79 Å². The fourth-order valence-corrected chi connectivity index (χ4v) is 3.67. The molecule has 2 heterocycles. The third kappa shape index (κ3) is 11.1. The zero-order valence-corrected chi connectivity index (χ0v) is 20.3. The lowest BCUT2D eigenvalue weighted by atomic mass is 10.1. The largest absolute Gasteiger partial charge is 0.491 e. The van der Waals surface area contributed by atoms with E-state index in [1.807, 2.05) is 27.0 Å². The van der Waals surface area contributed by atoms with Gasteiger partial charge in [-0.3, -0.25) is 15.2 Å². The summed E-state index contributed by atoms with van der Waals surface area (Å²) in [6, 6.07) is 2.57. The second kappa shape index (κ2) is 14.3. The number of pyridine rings is 1. The SMILES string of the molecule is CN1CCC[C@H]1c1cncc(OCCNCOCCCCCCNC(=O)OC(C)(C)C)c1. The van der Waals surface area contributed by atoms with Gasteiger partial charge in [0, 0.05) is 31.9 Å². The fourth-order valence-electron chi connectivity index (χ4n) is 3.67. The number of nitrogens with one attached hydrogen (secondary N) is 2. The second-order valence-corrected chi connectivity index (χ2v) is 9.34. The lowest BCUT2D eigenvalue weighted by Crippen LogP contribution is -2.32. The molecule has 8 heteroatoms. The highest BCUT2D eigenvalue weighted by Gasteiger charge is 2.23. The Morgan fingerprint density at radius 3 is 2.72 bits per heavy atom. The maximum Gasteiger partial charge on any atom is 0.407 e. The van der Waals surface area contributed by atoms with Crippen molar-refractivity contribution in [3.63, 3.8) is 0 Å². The molecular weight excluding hydrogens is 408 g/mol. The molecule has 1 aliphatic rings. The van der Waals surface area contributed by atoms with Crippen LogP contribution in [-0.2, 0) is 9.47 Å². The summed E-state index contributed by atoms with van der Waals surface area (Å²) in [4.78, 5) is 18.2. The number of hydrogen-bond donors (Lipinski definition) is 2. The minimum atomic E-state index is -0.448. The van der Waals surface area contributed by atoms with Crippen molar-refractivity contribution < 1.29 is 19.0 Å². The van der Waals surface area contributed by atoms with Gasteiger partial charge in [0.05, 0.1) is 12.9 Å². The summed E-state index contributed by atoms with van der Waals surface area (Å²) in [6.45, 7) is 9.94. The van der Waals surface area contributed by atoms with Crippen molar-refractivity contribution in [3.05, 3.63) is 24.0 Å². The lowest BCUT2D eigenvalue weighted by Gasteiger charge is -2.19. The first-order valence-corrected chi connectivity index (χ1v) is 11.9. The molecule has 1 atom stereocenters. The van der Waals surface area contributed by atoms with E-state index in [1.165, 1.54) is 18.4 Å². The van der Waals surface area contributed by atoms with Crippen molar-refractivity contribution in [2.75, 3.05) is 46.6 Å². The van der Waals surface area contributed by atoms with E-state index in [4.69, 9.17) is 14.2 Å². The predicted octanol–water partition coefficient (Wildman–Crippen LogP) is 3.88. The van der Waals surface area contributed by atoms with Crippen LogP contribution in [0.15, 0.2) is 18.5 Å². The summed E-state index contributed by atoms with van der Waals surface area (Å²) in [5.74, 6) is 0.826. The summed E-state index contributed by atoms with van der Waals surface area (Å²) in [5.41, 5.74) is 0.787. The third-order valence-electron chi connectivity index (χ3n) is 5.27. The third-order valence-corrected chi connectivity index (χ3v) is 5.27. The summed E-state index contributed by atoms with van der Waals surface area (Å²) >= 11 is 0. The molecule has 0 aromatic carbocycles. The van der Waals surface area contributed by atoms with Crippen molar-refractivity contribution in [1.82, 2.24) is 20.5 Å². The van der Waals surface area contributed by atoms with Crippen molar-refractivity contribution in [2.45, 2.75) is 70.9 Å². The minimum Gasteiger partial charge on any atom is -0.491 e. The highest BCUT2D eigenvalue weighted by atomic mass is 16.6. The van der Waals surface area contributed by atoms with Crippen LogP contribution in [0.3, 0.4) is 0 Å². The molecule has 1 amide bonds. The van der Waals surface area contributed by atoms with Gasteiger partial charge in [-0.05, 0) is 71.7 Å². The molecule has 1 aromatic rings. The Hall–Kier alpha value is -1.90. The number of carbonyl (C=O) groups excluding carboxylic acids is 1. The Labute approximate surface area is 193 Å². The number of aromatic nitrogens is 1. The van der Waals surface area contributed by atoms with Crippen molar-refractivity contribution in [1.29, 1.82) is 0 Å². The number of unbranched alkanes of at least 4 members (excludes halogenated alkanes) is 3. The zero-order chi connectivity index (χ0) is 23.2. The molecular formula is C24H42N4O4. The van der Waals surface area contributed by atoms with Crippen LogP contribution in [-0.4, -0.2) is 68.2 Å². The van der Waals surface area contributed by atoms with Crippen molar-refractivity contribution in [2.24, 2.45) is 0 Å². The molecule has 1 saturated heterocycles. The van der Waals surface area contributed by atoms with Gasteiger partial charge in [0.15, 0.2) is 0 Å².